The van der Waals surface area contributed by atoms with E-state index in [0.29, 0.717) is 6.04 Å². The Labute approximate surface area is 109 Å². The van der Waals surface area contributed by atoms with Gasteiger partial charge < -0.3 is 5.32 Å². The molecular formula is C13H14N4S. The van der Waals surface area contributed by atoms with Gasteiger partial charge in [0.25, 0.3) is 0 Å². The summed E-state index contributed by atoms with van der Waals surface area (Å²) in [6.45, 7) is 2.97. The molecule has 5 heteroatoms. The first kappa shape index (κ1) is 11.2. The lowest BCUT2D eigenvalue weighted by Gasteiger charge is -2.12. The fourth-order valence-electron chi connectivity index (χ4n) is 1.88. The molecule has 1 N–H and O–H groups in total. The fraction of sp³-hybridized carbons (Fsp3) is 0.231. The summed E-state index contributed by atoms with van der Waals surface area (Å²) in [6, 6.07) is 10.4. The number of nitrogens with one attached hydrogen (secondary N) is 1. The van der Waals surface area contributed by atoms with Crippen molar-refractivity contribution in [3.05, 3.63) is 42.7 Å². The van der Waals surface area contributed by atoms with E-state index in [1.165, 1.54) is 4.70 Å². The average molecular weight is 258 g/mol. The molecule has 2 aromatic heterocycles. The van der Waals surface area contributed by atoms with Gasteiger partial charge in [0, 0.05) is 18.4 Å². The molecule has 18 heavy (non-hydrogen) atoms. The smallest absolute Gasteiger partial charge is 0.184 e. The zero-order valence-corrected chi connectivity index (χ0v) is 10.9. The third kappa shape index (κ3) is 2.36. The van der Waals surface area contributed by atoms with Crippen LogP contribution in [0, 0.1) is 0 Å². The van der Waals surface area contributed by atoms with Crippen molar-refractivity contribution in [2.24, 2.45) is 0 Å². The van der Waals surface area contributed by atoms with Gasteiger partial charge in [-0.15, -0.1) is 0 Å². The Kier molecular flexibility index (Phi) is 2.98. The minimum atomic E-state index is 0.297. The molecule has 92 valence electrons. The van der Waals surface area contributed by atoms with Gasteiger partial charge in [-0.25, -0.2) is 4.98 Å². The van der Waals surface area contributed by atoms with E-state index in [2.05, 4.69) is 28.4 Å². The number of fused-ring (bicyclic) bond motifs is 1. The minimum absolute atomic E-state index is 0.297. The van der Waals surface area contributed by atoms with Gasteiger partial charge in [0.1, 0.15) is 0 Å². The summed E-state index contributed by atoms with van der Waals surface area (Å²) < 4.78 is 3.14. The predicted molar refractivity (Wildman–Crippen MR) is 74.9 cm³/mol. The van der Waals surface area contributed by atoms with Gasteiger partial charge in [-0.3, -0.25) is 4.68 Å². The van der Waals surface area contributed by atoms with E-state index < -0.39 is 0 Å². The van der Waals surface area contributed by atoms with Crippen LogP contribution in [0.15, 0.2) is 42.7 Å². The van der Waals surface area contributed by atoms with E-state index in [4.69, 9.17) is 0 Å². The van der Waals surface area contributed by atoms with Crippen LogP contribution in [0.1, 0.15) is 6.92 Å². The lowest BCUT2D eigenvalue weighted by atomic mass is 10.3. The van der Waals surface area contributed by atoms with Crippen molar-refractivity contribution in [2.75, 3.05) is 5.32 Å². The SMILES string of the molecule is CC(Cn1cccn1)Nc1nc2ccccc2s1. The molecule has 0 amide bonds. The second kappa shape index (κ2) is 4.78. The molecule has 3 rings (SSSR count). The number of hydrogen-bond donors (Lipinski definition) is 1. The molecule has 3 aromatic rings. The first-order valence-corrected chi connectivity index (χ1v) is 6.72. The van der Waals surface area contributed by atoms with E-state index in [0.717, 1.165) is 17.2 Å². The minimum Gasteiger partial charge on any atom is -0.357 e. The van der Waals surface area contributed by atoms with Crippen LogP contribution in [0.3, 0.4) is 0 Å². The van der Waals surface area contributed by atoms with Crippen LogP contribution >= 0.6 is 11.3 Å². The Bertz CT molecular complexity index is 596. The highest BCUT2D eigenvalue weighted by Gasteiger charge is 2.07. The van der Waals surface area contributed by atoms with E-state index in [9.17, 15) is 0 Å². The van der Waals surface area contributed by atoms with Crippen LogP contribution in [0.2, 0.25) is 0 Å². The van der Waals surface area contributed by atoms with Gasteiger partial charge in [-0.2, -0.15) is 5.10 Å². The van der Waals surface area contributed by atoms with Crippen LogP contribution < -0.4 is 5.32 Å². The Morgan fingerprint density at radius 2 is 2.22 bits per heavy atom. The molecule has 0 aliphatic carbocycles. The van der Waals surface area contributed by atoms with Gasteiger partial charge >= 0.3 is 0 Å². The summed E-state index contributed by atoms with van der Waals surface area (Å²) in [7, 11) is 0. The van der Waals surface area contributed by atoms with Crippen LogP contribution in [0.5, 0.6) is 0 Å². The van der Waals surface area contributed by atoms with Crippen LogP contribution in [-0.4, -0.2) is 20.8 Å². The van der Waals surface area contributed by atoms with Crippen molar-refractivity contribution in [3.8, 4) is 0 Å². The Balaban J connectivity index is 1.71. The highest BCUT2D eigenvalue weighted by molar-refractivity contribution is 7.22. The van der Waals surface area contributed by atoms with Crippen LogP contribution in [0.4, 0.5) is 5.13 Å². The molecule has 1 aromatic carbocycles. The van der Waals surface area contributed by atoms with Gasteiger partial charge in [-0.1, -0.05) is 23.5 Å². The summed E-state index contributed by atoms with van der Waals surface area (Å²) >= 11 is 1.69. The summed E-state index contributed by atoms with van der Waals surface area (Å²) in [5.41, 5.74) is 1.05. The monoisotopic (exact) mass is 258 g/mol. The molecule has 0 spiro atoms. The lowest BCUT2D eigenvalue weighted by molar-refractivity contribution is 0.561. The Morgan fingerprint density at radius 3 is 3.00 bits per heavy atom. The zero-order chi connectivity index (χ0) is 12.4. The summed E-state index contributed by atoms with van der Waals surface area (Å²) in [6.07, 6.45) is 3.76. The molecule has 0 saturated heterocycles. The second-order valence-corrected chi connectivity index (χ2v) is 5.29. The number of hydrogen-bond acceptors (Lipinski definition) is 4. The van der Waals surface area contributed by atoms with Crippen LogP contribution in [0.25, 0.3) is 10.2 Å². The molecule has 1 unspecified atom stereocenters. The number of benzene rings is 1. The second-order valence-electron chi connectivity index (χ2n) is 4.26. The Hall–Kier alpha value is -1.88. The molecular weight excluding hydrogens is 244 g/mol. The maximum Gasteiger partial charge on any atom is 0.184 e. The standard InChI is InChI=1S/C13H14N4S/c1-10(9-17-8-4-7-14-17)15-13-16-11-5-2-3-6-12(11)18-13/h2-8,10H,9H2,1H3,(H,15,16). The molecule has 0 radical (unpaired) electrons. The first-order valence-electron chi connectivity index (χ1n) is 5.91. The maximum absolute atomic E-state index is 4.56. The molecule has 4 nitrogen and oxygen atoms in total. The fourth-order valence-corrected chi connectivity index (χ4v) is 2.86. The third-order valence-electron chi connectivity index (χ3n) is 2.68. The lowest BCUT2D eigenvalue weighted by Crippen LogP contribution is -2.22. The topological polar surface area (TPSA) is 42.7 Å². The Morgan fingerprint density at radius 1 is 1.33 bits per heavy atom. The zero-order valence-electron chi connectivity index (χ0n) is 10.1. The molecule has 0 saturated carbocycles. The summed E-state index contributed by atoms with van der Waals surface area (Å²) in [5.74, 6) is 0. The average Bonchev–Trinajstić information content (AvgIpc) is 2.96. The van der Waals surface area contributed by atoms with E-state index in [1.807, 2.05) is 35.1 Å². The van der Waals surface area contributed by atoms with Crippen molar-refractivity contribution in [1.82, 2.24) is 14.8 Å². The quantitative estimate of drug-likeness (QED) is 0.782. The van der Waals surface area contributed by atoms with Crippen molar-refractivity contribution >= 4 is 26.7 Å². The maximum atomic E-state index is 4.56. The summed E-state index contributed by atoms with van der Waals surface area (Å²) in [4.78, 5) is 4.56. The number of nitrogens with zero attached hydrogens (tertiary/aromatic N) is 3. The first-order chi connectivity index (χ1) is 8.81. The molecule has 0 bridgehead atoms. The van der Waals surface area contributed by atoms with Crippen molar-refractivity contribution in [2.45, 2.75) is 19.5 Å². The normalized spacial score (nSPS) is 12.7. The van der Waals surface area contributed by atoms with Gasteiger partial charge in [-0.05, 0) is 25.1 Å². The number of rotatable bonds is 4. The molecule has 2 heterocycles. The predicted octanol–water partition coefficient (Wildman–Crippen LogP) is 2.99. The largest absolute Gasteiger partial charge is 0.357 e. The van der Waals surface area contributed by atoms with Crippen molar-refractivity contribution in [1.29, 1.82) is 0 Å². The van der Waals surface area contributed by atoms with E-state index in [-0.39, 0.29) is 0 Å². The van der Waals surface area contributed by atoms with Gasteiger partial charge in [0.15, 0.2) is 5.13 Å². The molecule has 0 aliphatic rings. The van der Waals surface area contributed by atoms with Crippen molar-refractivity contribution < 1.29 is 0 Å². The highest BCUT2D eigenvalue weighted by atomic mass is 32.1. The highest BCUT2D eigenvalue weighted by Crippen LogP contribution is 2.25. The van der Waals surface area contributed by atoms with E-state index >= 15 is 0 Å². The number of aromatic nitrogens is 3. The number of thiazole rings is 1. The molecule has 1 atom stereocenters. The van der Waals surface area contributed by atoms with Gasteiger partial charge in [0.2, 0.25) is 0 Å². The molecule has 0 fully saturated rings. The van der Waals surface area contributed by atoms with E-state index in [1.54, 1.807) is 17.5 Å². The van der Waals surface area contributed by atoms with Crippen LogP contribution in [-0.2, 0) is 6.54 Å². The summed E-state index contributed by atoms with van der Waals surface area (Å²) in [5, 5.41) is 8.58. The molecule has 0 aliphatic heterocycles. The number of para-hydroxylation sites is 1. The van der Waals surface area contributed by atoms with Crippen molar-refractivity contribution in [3.63, 3.8) is 0 Å². The third-order valence-corrected chi connectivity index (χ3v) is 3.65. The number of anilines is 1. The van der Waals surface area contributed by atoms with Gasteiger partial charge in [0.05, 0.1) is 16.8 Å².